The largest absolute Gasteiger partial charge is 0.378 e. The number of aryl methyl sites for hydroxylation is 1. The van der Waals surface area contributed by atoms with E-state index in [1.165, 1.54) is 25.3 Å². The SMILES string of the molecule is Cc1ccc(F)cc1CNCCC1CCCCO1. The molecule has 1 aromatic carbocycles. The summed E-state index contributed by atoms with van der Waals surface area (Å²) in [4.78, 5) is 0. The standard InChI is InChI=1S/C15H22FNO/c1-12-5-6-14(16)10-13(12)11-17-8-7-15-4-2-3-9-18-15/h5-6,10,15,17H,2-4,7-9,11H2,1H3. The molecule has 3 heteroatoms. The first-order valence-corrected chi connectivity index (χ1v) is 6.83. The summed E-state index contributed by atoms with van der Waals surface area (Å²) >= 11 is 0. The van der Waals surface area contributed by atoms with Gasteiger partial charge in [-0.15, -0.1) is 0 Å². The summed E-state index contributed by atoms with van der Waals surface area (Å²) in [5.41, 5.74) is 2.18. The molecule has 1 unspecified atom stereocenters. The van der Waals surface area contributed by atoms with Gasteiger partial charge in [0.25, 0.3) is 0 Å². The third kappa shape index (κ3) is 4.07. The van der Waals surface area contributed by atoms with Gasteiger partial charge in [-0.05, 0) is 62.4 Å². The first kappa shape index (κ1) is 13.5. The normalized spacial score (nSPS) is 20.0. The average molecular weight is 251 g/mol. The highest BCUT2D eigenvalue weighted by Crippen LogP contribution is 2.15. The topological polar surface area (TPSA) is 21.3 Å². The molecule has 1 heterocycles. The molecule has 2 nitrogen and oxygen atoms in total. The van der Waals surface area contributed by atoms with Crippen molar-refractivity contribution in [3.8, 4) is 0 Å². The van der Waals surface area contributed by atoms with E-state index in [0.717, 1.165) is 37.2 Å². The molecular weight excluding hydrogens is 229 g/mol. The summed E-state index contributed by atoms with van der Waals surface area (Å²) in [5.74, 6) is -0.159. The van der Waals surface area contributed by atoms with Crippen molar-refractivity contribution in [3.05, 3.63) is 35.1 Å². The van der Waals surface area contributed by atoms with Gasteiger partial charge in [-0.2, -0.15) is 0 Å². The molecule has 1 aliphatic rings. The molecule has 0 bridgehead atoms. The number of benzene rings is 1. The van der Waals surface area contributed by atoms with Crippen molar-refractivity contribution < 1.29 is 9.13 Å². The van der Waals surface area contributed by atoms with E-state index in [2.05, 4.69) is 5.32 Å². The zero-order valence-corrected chi connectivity index (χ0v) is 11.0. The molecule has 0 amide bonds. The van der Waals surface area contributed by atoms with Gasteiger partial charge >= 0.3 is 0 Å². The monoisotopic (exact) mass is 251 g/mol. The second-order valence-corrected chi connectivity index (χ2v) is 5.02. The van der Waals surface area contributed by atoms with E-state index < -0.39 is 0 Å². The first-order valence-electron chi connectivity index (χ1n) is 6.83. The lowest BCUT2D eigenvalue weighted by Crippen LogP contribution is -2.25. The van der Waals surface area contributed by atoms with Gasteiger partial charge in [0.1, 0.15) is 5.82 Å². The molecule has 100 valence electrons. The van der Waals surface area contributed by atoms with E-state index >= 15 is 0 Å². The Kier molecular flexibility index (Phi) is 5.14. The minimum atomic E-state index is -0.159. The van der Waals surface area contributed by atoms with Crippen LogP contribution in [0.15, 0.2) is 18.2 Å². The minimum Gasteiger partial charge on any atom is -0.378 e. The van der Waals surface area contributed by atoms with Crippen LogP contribution in [0.25, 0.3) is 0 Å². The Morgan fingerprint density at radius 2 is 2.28 bits per heavy atom. The van der Waals surface area contributed by atoms with Crippen molar-refractivity contribution >= 4 is 0 Å². The number of hydrogen-bond donors (Lipinski definition) is 1. The lowest BCUT2D eigenvalue weighted by molar-refractivity contribution is 0.0115. The third-order valence-corrected chi connectivity index (χ3v) is 3.54. The van der Waals surface area contributed by atoms with Crippen molar-refractivity contribution in [2.45, 2.75) is 45.3 Å². The quantitative estimate of drug-likeness (QED) is 0.812. The number of ether oxygens (including phenoxy) is 1. The van der Waals surface area contributed by atoms with E-state index in [1.54, 1.807) is 6.07 Å². The van der Waals surface area contributed by atoms with Gasteiger partial charge in [0, 0.05) is 13.2 Å². The van der Waals surface area contributed by atoms with Crippen LogP contribution in [0.5, 0.6) is 0 Å². The van der Waals surface area contributed by atoms with Gasteiger partial charge in [0.15, 0.2) is 0 Å². The number of hydrogen-bond acceptors (Lipinski definition) is 2. The van der Waals surface area contributed by atoms with E-state index in [0.29, 0.717) is 6.10 Å². The highest BCUT2D eigenvalue weighted by Gasteiger charge is 2.12. The van der Waals surface area contributed by atoms with E-state index in [-0.39, 0.29) is 5.82 Å². The molecule has 1 aromatic rings. The van der Waals surface area contributed by atoms with Gasteiger partial charge in [-0.3, -0.25) is 0 Å². The zero-order chi connectivity index (χ0) is 12.8. The number of halogens is 1. The van der Waals surface area contributed by atoms with Crippen LogP contribution < -0.4 is 5.32 Å². The Balaban J connectivity index is 1.69. The van der Waals surface area contributed by atoms with Crippen LogP contribution >= 0.6 is 0 Å². The maximum atomic E-state index is 13.1. The molecule has 0 spiro atoms. The summed E-state index contributed by atoms with van der Waals surface area (Å²) in [5, 5.41) is 3.37. The molecule has 1 fully saturated rings. The van der Waals surface area contributed by atoms with E-state index in [4.69, 9.17) is 4.74 Å². The Morgan fingerprint density at radius 1 is 1.39 bits per heavy atom. The van der Waals surface area contributed by atoms with Crippen LogP contribution in [0.4, 0.5) is 4.39 Å². The van der Waals surface area contributed by atoms with Crippen LogP contribution in [0, 0.1) is 12.7 Å². The lowest BCUT2D eigenvalue weighted by Gasteiger charge is -2.22. The summed E-state index contributed by atoms with van der Waals surface area (Å²) in [6.45, 7) is 4.59. The lowest BCUT2D eigenvalue weighted by atomic mass is 10.1. The Bertz CT molecular complexity index is 375. The van der Waals surface area contributed by atoms with Crippen molar-refractivity contribution in [1.29, 1.82) is 0 Å². The van der Waals surface area contributed by atoms with Gasteiger partial charge in [0.2, 0.25) is 0 Å². The fraction of sp³-hybridized carbons (Fsp3) is 0.600. The molecule has 1 aliphatic heterocycles. The molecule has 0 aromatic heterocycles. The highest BCUT2D eigenvalue weighted by molar-refractivity contribution is 5.26. The van der Waals surface area contributed by atoms with Crippen LogP contribution in [-0.2, 0) is 11.3 Å². The third-order valence-electron chi connectivity index (χ3n) is 3.54. The molecule has 18 heavy (non-hydrogen) atoms. The Hall–Kier alpha value is -0.930. The molecule has 0 saturated carbocycles. The Labute approximate surface area is 109 Å². The summed E-state index contributed by atoms with van der Waals surface area (Å²) in [7, 11) is 0. The van der Waals surface area contributed by atoms with Crippen molar-refractivity contribution in [2.24, 2.45) is 0 Å². The van der Waals surface area contributed by atoms with Crippen LogP contribution in [0.2, 0.25) is 0 Å². The fourth-order valence-electron chi connectivity index (χ4n) is 2.35. The molecule has 0 aliphatic carbocycles. The molecule has 1 saturated heterocycles. The smallest absolute Gasteiger partial charge is 0.123 e. The zero-order valence-electron chi connectivity index (χ0n) is 11.0. The van der Waals surface area contributed by atoms with Gasteiger partial charge in [-0.25, -0.2) is 4.39 Å². The van der Waals surface area contributed by atoms with Crippen molar-refractivity contribution in [3.63, 3.8) is 0 Å². The molecule has 1 N–H and O–H groups in total. The average Bonchev–Trinajstić information content (AvgIpc) is 2.40. The predicted molar refractivity (Wildman–Crippen MR) is 71.1 cm³/mol. The predicted octanol–water partition coefficient (Wildman–Crippen LogP) is 3.18. The van der Waals surface area contributed by atoms with Gasteiger partial charge in [-0.1, -0.05) is 6.07 Å². The van der Waals surface area contributed by atoms with E-state index in [9.17, 15) is 4.39 Å². The highest BCUT2D eigenvalue weighted by atomic mass is 19.1. The van der Waals surface area contributed by atoms with Gasteiger partial charge in [0.05, 0.1) is 6.10 Å². The Morgan fingerprint density at radius 3 is 3.06 bits per heavy atom. The number of rotatable bonds is 5. The molecule has 2 rings (SSSR count). The maximum absolute atomic E-state index is 13.1. The molecule has 0 radical (unpaired) electrons. The summed E-state index contributed by atoms with van der Waals surface area (Å²) < 4.78 is 18.8. The molecular formula is C15H22FNO. The minimum absolute atomic E-state index is 0.159. The fourth-order valence-corrected chi connectivity index (χ4v) is 2.35. The van der Waals surface area contributed by atoms with Crippen molar-refractivity contribution in [1.82, 2.24) is 5.32 Å². The maximum Gasteiger partial charge on any atom is 0.123 e. The van der Waals surface area contributed by atoms with Crippen LogP contribution in [0.3, 0.4) is 0 Å². The van der Waals surface area contributed by atoms with Gasteiger partial charge < -0.3 is 10.1 Å². The van der Waals surface area contributed by atoms with Crippen molar-refractivity contribution in [2.75, 3.05) is 13.2 Å². The first-order chi connectivity index (χ1) is 8.75. The summed E-state index contributed by atoms with van der Waals surface area (Å²) in [6, 6.07) is 4.95. The van der Waals surface area contributed by atoms with Crippen LogP contribution in [0.1, 0.15) is 36.8 Å². The number of nitrogens with one attached hydrogen (secondary N) is 1. The molecule has 1 atom stereocenters. The van der Waals surface area contributed by atoms with Crippen LogP contribution in [-0.4, -0.2) is 19.3 Å². The summed E-state index contributed by atoms with van der Waals surface area (Å²) in [6.07, 6.45) is 5.13. The second kappa shape index (κ2) is 6.86. The second-order valence-electron chi connectivity index (χ2n) is 5.02. The van der Waals surface area contributed by atoms with E-state index in [1.807, 2.05) is 13.0 Å².